The van der Waals surface area contributed by atoms with E-state index in [4.69, 9.17) is 11.6 Å². The number of aromatic nitrogens is 2. The molecule has 124 valence electrons. The van der Waals surface area contributed by atoms with Crippen LogP contribution in [0.15, 0.2) is 12.4 Å². The smallest absolute Gasteiger partial charge is 0.224 e. The van der Waals surface area contributed by atoms with Crippen molar-refractivity contribution in [3.63, 3.8) is 0 Å². The summed E-state index contributed by atoms with van der Waals surface area (Å²) in [7, 11) is 0. The maximum atomic E-state index is 11.8. The Morgan fingerprint density at radius 1 is 1.52 bits per heavy atom. The molecule has 0 aliphatic carbocycles. The second kappa shape index (κ2) is 6.79. The minimum absolute atomic E-state index is 0.0121. The molecule has 23 heavy (non-hydrogen) atoms. The van der Waals surface area contributed by atoms with Gasteiger partial charge in [0.1, 0.15) is 5.65 Å². The molecule has 1 atom stereocenters. The molecule has 1 fully saturated rings. The van der Waals surface area contributed by atoms with Gasteiger partial charge in [-0.15, -0.1) is 0 Å². The zero-order chi connectivity index (χ0) is 16.4. The number of fused-ring (bicyclic) bond motifs is 1. The normalized spacial score (nSPS) is 18.4. The summed E-state index contributed by atoms with van der Waals surface area (Å²) in [5.41, 5.74) is 2.51. The molecule has 1 aliphatic rings. The van der Waals surface area contributed by atoms with Gasteiger partial charge in [0.2, 0.25) is 5.91 Å². The van der Waals surface area contributed by atoms with E-state index in [1.807, 2.05) is 6.92 Å². The van der Waals surface area contributed by atoms with Gasteiger partial charge in [-0.2, -0.15) is 0 Å². The Morgan fingerprint density at radius 2 is 2.35 bits per heavy atom. The Morgan fingerprint density at radius 3 is 3.09 bits per heavy atom. The molecular formula is C17H23ClN4O. The van der Waals surface area contributed by atoms with E-state index in [-0.39, 0.29) is 5.91 Å². The summed E-state index contributed by atoms with van der Waals surface area (Å²) >= 11 is 6.50. The second-order valence-electron chi connectivity index (χ2n) is 6.14. The highest BCUT2D eigenvalue weighted by atomic mass is 35.5. The zero-order valence-electron chi connectivity index (χ0n) is 13.7. The van der Waals surface area contributed by atoms with Gasteiger partial charge < -0.3 is 15.2 Å². The number of rotatable bonds is 4. The Kier molecular flexibility index (Phi) is 4.76. The summed E-state index contributed by atoms with van der Waals surface area (Å²) < 4.78 is 0. The van der Waals surface area contributed by atoms with Crippen LogP contribution in [0.4, 0.5) is 11.4 Å². The number of hydrogen-bond acceptors (Lipinski definition) is 3. The van der Waals surface area contributed by atoms with E-state index in [9.17, 15) is 4.79 Å². The van der Waals surface area contributed by atoms with E-state index in [1.54, 1.807) is 12.4 Å². The predicted molar refractivity (Wildman–Crippen MR) is 95.3 cm³/mol. The lowest BCUT2D eigenvalue weighted by Crippen LogP contribution is -2.35. The summed E-state index contributed by atoms with van der Waals surface area (Å²) in [6, 6.07) is 0. The SMILES string of the molecule is CCC(=O)Nc1c[nH]c2ncc(Cl)c(N3CCC[C@@H](CC)C3)c12. The molecule has 1 saturated heterocycles. The van der Waals surface area contributed by atoms with Crippen LogP contribution in [0.1, 0.15) is 39.5 Å². The van der Waals surface area contributed by atoms with E-state index in [1.165, 1.54) is 19.3 Å². The molecule has 5 nitrogen and oxygen atoms in total. The molecule has 3 heterocycles. The van der Waals surface area contributed by atoms with Gasteiger partial charge in [-0.3, -0.25) is 4.79 Å². The van der Waals surface area contributed by atoms with Crippen LogP contribution in [0.2, 0.25) is 5.02 Å². The third-order valence-corrected chi connectivity index (χ3v) is 4.91. The second-order valence-corrected chi connectivity index (χ2v) is 6.55. The number of pyridine rings is 1. The van der Waals surface area contributed by atoms with Crippen LogP contribution in [0.5, 0.6) is 0 Å². The fraction of sp³-hybridized carbons (Fsp3) is 0.529. The Hall–Kier alpha value is -1.75. The van der Waals surface area contributed by atoms with Crippen LogP contribution in [0.25, 0.3) is 11.0 Å². The first-order valence-corrected chi connectivity index (χ1v) is 8.72. The number of nitrogens with one attached hydrogen (secondary N) is 2. The van der Waals surface area contributed by atoms with Gasteiger partial charge in [0, 0.05) is 25.7 Å². The number of hydrogen-bond donors (Lipinski definition) is 2. The average molecular weight is 335 g/mol. The summed E-state index contributed by atoms with van der Waals surface area (Å²) in [6.45, 7) is 6.07. The van der Waals surface area contributed by atoms with Crippen molar-refractivity contribution in [2.45, 2.75) is 39.5 Å². The number of anilines is 2. The molecule has 0 radical (unpaired) electrons. The molecule has 0 saturated carbocycles. The van der Waals surface area contributed by atoms with Crippen LogP contribution in [0.3, 0.4) is 0 Å². The van der Waals surface area contributed by atoms with Gasteiger partial charge in [-0.05, 0) is 18.8 Å². The van der Waals surface area contributed by atoms with Crippen LogP contribution >= 0.6 is 11.6 Å². The first-order valence-electron chi connectivity index (χ1n) is 8.34. The largest absolute Gasteiger partial charge is 0.369 e. The molecule has 6 heteroatoms. The molecular weight excluding hydrogens is 312 g/mol. The Bertz CT molecular complexity index is 712. The first kappa shape index (κ1) is 16.1. The lowest BCUT2D eigenvalue weighted by atomic mass is 9.95. The van der Waals surface area contributed by atoms with Gasteiger partial charge in [0.05, 0.1) is 28.0 Å². The van der Waals surface area contributed by atoms with E-state index in [2.05, 4.69) is 27.1 Å². The number of amides is 1. The highest BCUT2D eigenvalue weighted by Crippen LogP contribution is 2.39. The summed E-state index contributed by atoms with van der Waals surface area (Å²) in [5.74, 6) is 0.678. The maximum absolute atomic E-state index is 11.8. The minimum Gasteiger partial charge on any atom is -0.369 e. The predicted octanol–water partition coefficient (Wildman–Crippen LogP) is 4.19. The molecule has 0 aromatic carbocycles. The number of nitrogens with zero attached hydrogens (tertiary/aromatic N) is 2. The zero-order valence-corrected chi connectivity index (χ0v) is 14.4. The summed E-state index contributed by atoms with van der Waals surface area (Å²) in [6.07, 6.45) is 7.54. The van der Waals surface area contributed by atoms with Crippen molar-refractivity contribution in [1.82, 2.24) is 9.97 Å². The number of halogens is 1. The first-order chi connectivity index (χ1) is 11.1. The molecule has 0 unspecified atom stereocenters. The third-order valence-electron chi connectivity index (χ3n) is 4.64. The topological polar surface area (TPSA) is 61.0 Å². The number of carbonyl (C=O) groups is 1. The van der Waals surface area contributed by atoms with Crippen molar-refractivity contribution in [3.05, 3.63) is 17.4 Å². The molecule has 1 aliphatic heterocycles. The fourth-order valence-electron chi connectivity index (χ4n) is 3.30. The van der Waals surface area contributed by atoms with Crippen molar-refractivity contribution in [3.8, 4) is 0 Å². The highest BCUT2D eigenvalue weighted by molar-refractivity contribution is 6.35. The maximum Gasteiger partial charge on any atom is 0.224 e. The standard InChI is InChI=1S/C17H23ClN4O/c1-3-11-6-5-7-22(10-11)16-12(18)8-19-17-15(16)13(9-20-17)21-14(23)4-2/h8-9,11H,3-7,10H2,1-2H3,(H,19,20)(H,21,23)/t11-/m1/s1. The van der Waals surface area contributed by atoms with E-state index in [0.717, 1.165) is 35.5 Å². The molecule has 0 bridgehead atoms. The van der Waals surface area contributed by atoms with Gasteiger partial charge in [-0.25, -0.2) is 4.98 Å². The Labute approximate surface area is 141 Å². The summed E-state index contributed by atoms with van der Waals surface area (Å²) in [5, 5.41) is 4.50. The van der Waals surface area contributed by atoms with Crippen molar-refractivity contribution >= 4 is 39.9 Å². The van der Waals surface area contributed by atoms with Crippen LogP contribution < -0.4 is 10.2 Å². The summed E-state index contributed by atoms with van der Waals surface area (Å²) in [4.78, 5) is 21.7. The van der Waals surface area contributed by atoms with Gasteiger partial charge >= 0.3 is 0 Å². The molecule has 2 N–H and O–H groups in total. The van der Waals surface area contributed by atoms with Gasteiger partial charge in [0.25, 0.3) is 0 Å². The molecule has 1 amide bonds. The fourth-order valence-corrected chi connectivity index (χ4v) is 3.57. The van der Waals surface area contributed by atoms with Gasteiger partial charge in [0.15, 0.2) is 0 Å². The van der Waals surface area contributed by atoms with Crippen LogP contribution in [-0.4, -0.2) is 29.0 Å². The van der Waals surface area contributed by atoms with Crippen molar-refractivity contribution < 1.29 is 4.79 Å². The number of piperidine rings is 1. The monoisotopic (exact) mass is 334 g/mol. The van der Waals surface area contributed by atoms with E-state index >= 15 is 0 Å². The van der Waals surface area contributed by atoms with Crippen LogP contribution in [0, 0.1) is 5.92 Å². The van der Waals surface area contributed by atoms with Crippen molar-refractivity contribution in [2.75, 3.05) is 23.3 Å². The van der Waals surface area contributed by atoms with Crippen molar-refractivity contribution in [2.24, 2.45) is 5.92 Å². The average Bonchev–Trinajstić information content (AvgIpc) is 2.97. The highest BCUT2D eigenvalue weighted by Gasteiger charge is 2.24. The lowest BCUT2D eigenvalue weighted by molar-refractivity contribution is -0.115. The van der Waals surface area contributed by atoms with Crippen molar-refractivity contribution in [1.29, 1.82) is 0 Å². The molecule has 3 rings (SSSR count). The quantitative estimate of drug-likeness (QED) is 0.881. The molecule has 2 aromatic heterocycles. The van der Waals surface area contributed by atoms with Crippen LogP contribution in [-0.2, 0) is 4.79 Å². The lowest BCUT2D eigenvalue weighted by Gasteiger charge is -2.35. The Balaban J connectivity index is 2.05. The molecule has 2 aromatic rings. The number of carbonyl (C=O) groups excluding carboxylic acids is 1. The van der Waals surface area contributed by atoms with E-state index < -0.39 is 0 Å². The van der Waals surface area contributed by atoms with Gasteiger partial charge in [-0.1, -0.05) is 31.9 Å². The third kappa shape index (κ3) is 3.15. The number of H-pyrrole nitrogens is 1. The van der Waals surface area contributed by atoms with E-state index in [0.29, 0.717) is 17.4 Å². The minimum atomic E-state index is -0.0121. The molecule has 0 spiro atoms. The number of aromatic amines is 1.